The number of hydrogen-bond acceptors (Lipinski definition) is 3. The van der Waals surface area contributed by atoms with Gasteiger partial charge in [0, 0.05) is 37.3 Å². The van der Waals surface area contributed by atoms with Gasteiger partial charge in [-0.15, -0.1) is 0 Å². The third-order valence-corrected chi connectivity index (χ3v) is 5.57. The zero-order valence-corrected chi connectivity index (χ0v) is 12.6. The molecule has 3 fully saturated rings. The molecule has 4 nitrogen and oxygen atoms in total. The number of anilines is 1. The summed E-state index contributed by atoms with van der Waals surface area (Å²) in [6.07, 6.45) is 1.34. The molecule has 1 N–H and O–H groups in total. The summed E-state index contributed by atoms with van der Waals surface area (Å²) < 4.78 is 0. The number of hydrogen-bond donors (Lipinski definition) is 1. The van der Waals surface area contributed by atoms with Crippen molar-refractivity contribution in [2.75, 3.05) is 44.2 Å². The Morgan fingerprint density at radius 2 is 2.10 bits per heavy atom. The standard InChI is InChI=1S/C17H23N3O/c1-2-19-7-8-20(11-16(19)21)15-5-3-13(4-6-15)17-9-14(17)10-18-12-17/h3-6,14,18H,2,7-12H2,1H3. The maximum absolute atomic E-state index is 12.0. The van der Waals surface area contributed by atoms with Crippen LogP contribution < -0.4 is 10.2 Å². The van der Waals surface area contributed by atoms with Crippen LogP contribution in [0, 0.1) is 5.92 Å². The number of carbonyl (C=O) groups is 1. The van der Waals surface area contributed by atoms with E-state index in [1.807, 2.05) is 11.8 Å². The molecule has 2 unspecified atom stereocenters. The van der Waals surface area contributed by atoms with Crippen molar-refractivity contribution in [2.45, 2.75) is 18.8 Å². The minimum atomic E-state index is 0.244. The Balaban J connectivity index is 1.48. The van der Waals surface area contributed by atoms with Crippen molar-refractivity contribution in [1.29, 1.82) is 0 Å². The number of fused-ring (bicyclic) bond motifs is 1. The van der Waals surface area contributed by atoms with E-state index in [-0.39, 0.29) is 5.91 Å². The number of piperazine rings is 1. The van der Waals surface area contributed by atoms with Crippen molar-refractivity contribution in [3.8, 4) is 0 Å². The first-order valence-corrected chi connectivity index (χ1v) is 8.07. The highest BCUT2D eigenvalue weighted by atomic mass is 16.2. The quantitative estimate of drug-likeness (QED) is 0.907. The van der Waals surface area contributed by atoms with Gasteiger partial charge in [-0.3, -0.25) is 4.79 Å². The number of piperidine rings is 1. The minimum Gasteiger partial charge on any atom is -0.360 e. The summed E-state index contributed by atoms with van der Waals surface area (Å²) in [4.78, 5) is 16.2. The van der Waals surface area contributed by atoms with E-state index in [1.54, 1.807) is 0 Å². The van der Waals surface area contributed by atoms with Gasteiger partial charge in [-0.05, 0) is 43.5 Å². The fourth-order valence-electron chi connectivity index (χ4n) is 4.06. The zero-order valence-electron chi connectivity index (χ0n) is 12.6. The molecule has 4 rings (SSSR count). The summed E-state index contributed by atoms with van der Waals surface area (Å²) in [7, 11) is 0. The summed E-state index contributed by atoms with van der Waals surface area (Å²) in [5.74, 6) is 1.09. The van der Waals surface area contributed by atoms with Crippen LogP contribution in [0.4, 0.5) is 5.69 Å². The van der Waals surface area contributed by atoms with Crippen LogP contribution in [0.5, 0.6) is 0 Å². The molecule has 1 saturated carbocycles. The van der Waals surface area contributed by atoms with Gasteiger partial charge in [0.2, 0.25) is 5.91 Å². The van der Waals surface area contributed by atoms with Crippen LogP contribution in [0.2, 0.25) is 0 Å². The van der Waals surface area contributed by atoms with Crippen LogP contribution in [0.15, 0.2) is 24.3 Å². The van der Waals surface area contributed by atoms with Gasteiger partial charge in [0.1, 0.15) is 0 Å². The van der Waals surface area contributed by atoms with Gasteiger partial charge in [0.05, 0.1) is 6.54 Å². The van der Waals surface area contributed by atoms with E-state index in [0.717, 1.165) is 32.1 Å². The van der Waals surface area contributed by atoms with E-state index >= 15 is 0 Å². The van der Waals surface area contributed by atoms with Gasteiger partial charge in [-0.2, -0.15) is 0 Å². The lowest BCUT2D eigenvalue weighted by Crippen LogP contribution is -2.50. The summed E-state index contributed by atoms with van der Waals surface area (Å²) in [6, 6.07) is 8.96. The van der Waals surface area contributed by atoms with Crippen LogP contribution in [0.1, 0.15) is 18.9 Å². The van der Waals surface area contributed by atoms with Gasteiger partial charge >= 0.3 is 0 Å². The van der Waals surface area contributed by atoms with Crippen molar-refractivity contribution in [3.63, 3.8) is 0 Å². The first-order chi connectivity index (χ1) is 10.2. The second kappa shape index (κ2) is 4.73. The first kappa shape index (κ1) is 13.1. The largest absolute Gasteiger partial charge is 0.360 e. The highest BCUT2D eigenvalue weighted by molar-refractivity contribution is 5.82. The molecule has 112 valence electrons. The van der Waals surface area contributed by atoms with E-state index in [9.17, 15) is 4.79 Å². The number of amides is 1. The third kappa shape index (κ3) is 2.04. The molecule has 2 atom stereocenters. The Labute approximate surface area is 126 Å². The van der Waals surface area contributed by atoms with Crippen LogP contribution in [0.3, 0.4) is 0 Å². The van der Waals surface area contributed by atoms with Crippen molar-refractivity contribution in [1.82, 2.24) is 10.2 Å². The zero-order chi connectivity index (χ0) is 14.4. The number of benzene rings is 1. The summed E-state index contributed by atoms with van der Waals surface area (Å²) in [5, 5.41) is 3.50. The van der Waals surface area contributed by atoms with Gasteiger partial charge in [0.25, 0.3) is 0 Å². The fraction of sp³-hybridized carbons (Fsp3) is 0.588. The molecule has 0 radical (unpaired) electrons. The number of carbonyl (C=O) groups excluding carboxylic acids is 1. The summed E-state index contributed by atoms with van der Waals surface area (Å²) in [6.45, 7) is 7.47. The highest BCUT2D eigenvalue weighted by Crippen LogP contribution is 2.56. The molecular formula is C17H23N3O. The van der Waals surface area contributed by atoms with Crippen molar-refractivity contribution in [3.05, 3.63) is 29.8 Å². The first-order valence-electron chi connectivity index (χ1n) is 8.07. The van der Waals surface area contributed by atoms with E-state index < -0.39 is 0 Å². The molecule has 1 aliphatic carbocycles. The maximum atomic E-state index is 12.0. The van der Waals surface area contributed by atoms with Crippen LogP contribution in [0.25, 0.3) is 0 Å². The van der Waals surface area contributed by atoms with Crippen molar-refractivity contribution >= 4 is 11.6 Å². The van der Waals surface area contributed by atoms with Crippen molar-refractivity contribution in [2.24, 2.45) is 5.92 Å². The average molecular weight is 285 g/mol. The van der Waals surface area contributed by atoms with Gasteiger partial charge < -0.3 is 15.1 Å². The van der Waals surface area contributed by atoms with E-state index in [0.29, 0.717) is 12.0 Å². The smallest absolute Gasteiger partial charge is 0.242 e. The van der Waals surface area contributed by atoms with E-state index in [4.69, 9.17) is 0 Å². The fourth-order valence-corrected chi connectivity index (χ4v) is 4.06. The Hall–Kier alpha value is -1.55. The molecule has 0 aromatic heterocycles. The molecule has 21 heavy (non-hydrogen) atoms. The summed E-state index contributed by atoms with van der Waals surface area (Å²) >= 11 is 0. The second-order valence-electron chi connectivity index (χ2n) is 6.63. The molecular weight excluding hydrogens is 262 g/mol. The van der Waals surface area contributed by atoms with Crippen LogP contribution in [-0.4, -0.2) is 50.1 Å². The highest BCUT2D eigenvalue weighted by Gasteiger charge is 2.57. The molecule has 3 aliphatic rings. The molecule has 2 saturated heterocycles. The number of likely N-dealkylation sites (N-methyl/N-ethyl adjacent to an activating group) is 1. The Morgan fingerprint density at radius 3 is 2.67 bits per heavy atom. The molecule has 0 spiro atoms. The molecule has 2 heterocycles. The number of rotatable bonds is 3. The van der Waals surface area contributed by atoms with Crippen LogP contribution >= 0.6 is 0 Å². The maximum Gasteiger partial charge on any atom is 0.242 e. The summed E-state index contributed by atoms with van der Waals surface area (Å²) in [5.41, 5.74) is 3.08. The second-order valence-corrected chi connectivity index (χ2v) is 6.63. The number of nitrogens with zero attached hydrogens (tertiary/aromatic N) is 2. The Kier molecular flexibility index (Phi) is 2.96. The Morgan fingerprint density at radius 1 is 1.29 bits per heavy atom. The average Bonchev–Trinajstić information content (AvgIpc) is 3.09. The third-order valence-electron chi connectivity index (χ3n) is 5.57. The molecule has 0 bridgehead atoms. The van der Waals surface area contributed by atoms with E-state index in [1.165, 1.54) is 24.2 Å². The lowest BCUT2D eigenvalue weighted by Gasteiger charge is -2.35. The van der Waals surface area contributed by atoms with Crippen LogP contribution in [-0.2, 0) is 10.2 Å². The normalized spacial score (nSPS) is 31.5. The van der Waals surface area contributed by atoms with Gasteiger partial charge in [0.15, 0.2) is 0 Å². The van der Waals surface area contributed by atoms with Crippen molar-refractivity contribution < 1.29 is 4.79 Å². The molecule has 1 amide bonds. The molecule has 2 aliphatic heterocycles. The Bertz CT molecular complexity index is 556. The van der Waals surface area contributed by atoms with E-state index in [2.05, 4.69) is 34.5 Å². The van der Waals surface area contributed by atoms with Gasteiger partial charge in [-0.25, -0.2) is 0 Å². The predicted molar refractivity (Wildman–Crippen MR) is 83.6 cm³/mol. The molecule has 4 heteroatoms. The number of nitrogens with one attached hydrogen (secondary N) is 1. The minimum absolute atomic E-state index is 0.244. The van der Waals surface area contributed by atoms with Gasteiger partial charge in [-0.1, -0.05) is 12.1 Å². The lowest BCUT2D eigenvalue weighted by atomic mass is 9.95. The monoisotopic (exact) mass is 285 g/mol. The SMILES string of the molecule is CCN1CCN(c2ccc(C34CNCC3C4)cc2)CC1=O. The topological polar surface area (TPSA) is 35.6 Å². The molecule has 1 aromatic carbocycles. The lowest BCUT2D eigenvalue weighted by molar-refractivity contribution is -0.130. The predicted octanol–water partition coefficient (Wildman–Crippen LogP) is 1.22. The molecule has 1 aromatic rings.